The number of methoxy groups -OCH3 is 2. The van der Waals surface area contributed by atoms with E-state index in [0.717, 1.165) is 4.47 Å². The molecule has 0 saturated carbocycles. The van der Waals surface area contributed by atoms with Crippen LogP contribution in [0.5, 0.6) is 11.8 Å². The third kappa shape index (κ3) is 1.33. The SMILES string of the molecule is COc1nn(C)c(OC)c1Br. The second-order valence-corrected chi connectivity index (χ2v) is 2.75. The minimum atomic E-state index is 0.532. The highest BCUT2D eigenvalue weighted by Crippen LogP contribution is 2.32. The molecule has 62 valence electrons. The Balaban J connectivity index is 3.14. The van der Waals surface area contributed by atoms with Crippen molar-refractivity contribution < 1.29 is 9.47 Å². The fraction of sp³-hybridized carbons (Fsp3) is 0.500. The van der Waals surface area contributed by atoms with Crippen LogP contribution in [0, 0.1) is 0 Å². The maximum atomic E-state index is 5.03. The van der Waals surface area contributed by atoms with Crippen LogP contribution in [-0.4, -0.2) is 24.0 Å². The number of aryl methyl sites for hydroxylation is 1. The van der Waals surface area contributed by atoms with Crippen molar-refractivity contribution in [2.75, 3.05) is 14.2 Å². The molecule has 0 amide bonds. The summed E-state index contributed by atoms with van der Waals surface area (Å²) < 4.78 is 12.3. The summed E-state index contributed by atoms with van der Waals surface area (Å²) in [5.74, 6) is 1.19. The summed E-state index contributed by atoms with van der Waals surface area (Å²) in [6.07, 6.45) is 0. The van der Waals surface area contributed by atoms with E-state index in [1.54, 1.807) is 25.9 Å². The highest BCUT2D eigenvalue weighted by Gasteiger charge is 2.13. The lowest BCUT2D eigenvalue weighted by atomic mass is 10.6. The van der Waals surface area contributed by atoms with Crippen molar-refractivity contribution in [3.63, 3.8) is 0 Å². The molecule has 5 heteroatoms. The van der Waals surface area contributed by atoms with E-state index >= 15 is 0 Å². The summed E-state index contributed by atoms with van der Waals surface area (Å²) in [6, 6.07) is 0. The van der Waals surface area contributed by atoms with Gasteiger partial charge in [0.1, 0.15) is 4.47 Å². The van der Waals surface area contributed by atoms with E-state index in [4.69, 9.17) is 9.47 Å². The zero-order chi connectivity index (χ0) is 8.43. The van der Waals surface area contributed by atoms with E-state index in [-0.39, 0.29) is 0 Å². The zero-order valence-corrected chi connectivity index (χ0v) is 8.17. The molecular weight excluding hydrogens is 212 g/mol. The number of halogens is 1. The smallest absolute Gasteiger partial charge is 0.251 e. The molecule has 0 aromatic carbocycles. The van der Waals surface area contributed by atoms with Crippen LogP contribution in [0.1, 0.15) is 0 Å². The molecule has 0 radical (unpaired) electrons. The highest BCUT2D eigenvalue weighted by atomic mass is 79.9. The minimum Gasteiger partial charge on any atom is -0.480 e. The van der Waals surface area contributed by atoms with E-state index in [2.05, 4.69) is 21.0 Å². The number of nitrogens with zero attached hydrogens (tertiary/aromatic N) is 2. The monoisotopic (exact) mass is 220 g/mol. The third-order valence-corrected chi connectivity index (χ3v) is 1.98. The first kappa shape index (κ1) is 8.39. The molecule has 0 aliphatic rings. The average Bonchev–Trinajstić information content (AvgIpc) is 2.26. The van der Waals surface area contributed by atoms with Gasteiger partial charge in [-0.15, -0.1) is 5.10 Å². The van der Waals surface area contributed by atoms with E-state index in [9.17, 15) is 0 Å². The molecule has 0 saturated heterocycles. The summed E-state index contributed by atoms with van der Waals surface area (Å²) in [7, 11) is 4.93. The van der Waals surface area contributed by atoms with E-state index in [0.29, 0.717) is 11.8 Å². The van der Waals surface area contributed by atoms with Gasteiger partial charge in [-0.25, -0.2) is 4.68 Å². The number of rotatable bonds is 2. The van der Waals surface area contributed by atoms with Gasteiger partial charge >= 0.3 is 0 Å². The van der Waals surface area contributed by atoms with Crippen LogP contribution in [0.4, 0.5) is 0 Å². The summed E-state index contributed by atoms with van der Waals surface area (Å²) in [5.41, 5.74) is 0. The lowest BCUT2D eigenvalue weighted by Gasteiger charge is -1.97. The largest absolute Gasteiger partial charge is 0.480 e. The van der Waals surface area contributed by atoms with Gasteiger partial charge in [0.2, 0.25) is 5.88 Å². The molecule has 11 heavy (non-hydrogen) atoms. The lowest BCUT2D eigenvalue weighted by Crippen LogP contribution is -1.94. The molecular formula is C6H9BrN2O2. The molecule has 0 atom stereocenters. The second-order valence-electron chi connectivity index (χ2n) is 1.96. The topological polar surface area (TPSA) is 36.3 Å². The molecule has 0 fully saturated rings. The fourth-order valence-corrected chi connectivity index (χ4v) is 1.47. The molecule has 4 nitrogen and oxygen atoms in total. The Hall–Kier alpha value is -0.710. The quantitative estimate of drug-likeness (QED) is 0.752. The van der Waals surface area contributed by atoms with Crippen molar-refractivity contribution in [2.24, 2.45) is 7.05 Å². The molecule has 0 unspecified atom stereocenters. The first-order chi connectivity index (χ1) is 5.20. The van der Waals surface area contributed by atoms with Gasteiger partial charge in [0.05, 0.1) is 14.2 Å². The standard InChI is InChI=1S/C6H9BrN2O2/c1-9-6(11-3)4(7)5(8-9)10-2/h1-3H3. The maximum Gasteiger partial charge on any atom is 0.251 e. The van der Waals surface area contributed by atoms with Gasteiger partial charge in [-0.05, 0) is 15.9 Å². The minimum absolute atomic E-state index is 0.532. The maximum absolute atomic E-state index is 5.03. The fourth-order valence-electron chi connectivity index (χ4n) is 0.811. The Morgan fingerprint density at radius 1 is 1.36 bits per heavy atom. The first-order valence-corrected chi connectivity index (χ1v) is 3.80. The molecule has 0 spiro atoms. The Morgan fingerprint density at radius 2 is 2.00 bits per heavy atom. The van der Waals surface area contributed by atoms with Crippen molar-refractivity contribution in [1.82, 2.24) is 9.78 Å². The van der Waals surface area contributed by atoms with Crippen molar-refractivity contribution in [3.05, 3.63) is 4.47 Å². The highest BCUT2D eigenvalue weighted by molar-refractivity contribution is 9.10. The number of ether oxygens (including phenoxy) is 2. The van der Waals surface area contributed by atoms with Gasteiger partial charge in [-0.2, -0.15) is 0 Å². The number of hydrogen-bond donors (Lipinski definition) is 0. The summed E-state index contributed by atoms with van der Waals surface area (Å²) in [5, 5.41) is 4.02. The number of hydrogen-bond acceptors (Lipinski definition) is 3. The van der Waals surface area contributed by atoms with Crippen LogP contribution < -0.4 is 9.47 Å². The Labute approximate surface area is 73.2 Å². The normalized spacial score (nSPS) is 9.82. The van der Waals surface area contributed by atoms with Crippen molar-refractivity contribution in [2.45, 2.75) is 0 Å². The molecule has 0 aliphatic heterocycles. The molecule has 1 heterocycles. The molecule has 0 N–H and O–H groups in total. The zero-order valence-electron chi connectivity index (χ0n) is 6.59. The molecule has 1 rings (SSSR count). The van der Waals surface area contributed by atoms with Crippen molar-refractivity contribution in [3.8, 4) is 11.8 Å². The van der Waals surface area contributed by atoms with Crippen molar-refractivity contribution in [1.29, 1.82) is 0 Å². The lowest BCUT2D eigenvalue weighted by molar-refractivity contribution is 0.369. The van der Waals surface area contributed by atoms with E-state index < -0.39 is 0 Å². The van der Waals surface area contributed by atoms with Crippen LogP contribution in [0.15, 0.2) is 4.47 Å². The molecule has 0 aliphatic carbocycles. The predicted octanol–water partition coefficient (Wildman–Crippen LogP) is 1.20. The summed E-state index contributed by atoms with van der Waals surface area (Å²) in [6.45, 7) is 0. The van der Waals surface area contributed by atoms with Gasteiger partial charge in [0.15, 0.2) is 0 Å². The van der Waals surface area contributed by atoms with E-state index in [1.807, 2.05) is 0 Å². The molecule has 1 aromatic rings. The van der Waals surface area contributed by atoms with Gasteiger partial charge in [-0.3, -0.25) is 0 Å². The predicted molar refractivity (Wildman–Crippen MR) is 44.0 cm³/mol. The van der Waals surface area contributed by atoms with Gasteiger partial charge < -0.3 is 9.47 Å². The van der Waals surface area contributed by atoms with Gasteiger partial charge in [-0.1, -0.05) is 0 Å². The summed E-state index contributed by atoms with van der Waals surface area (Å²) >= 11 is 3.29. The average molecular weight is 221 g/mol. The summed E-state index contributed by atoms with van der Waals surface area (Å²) in [4.78, 5) is 0. The Kier molecular flexibility index (Phi) is 2.38. The van der Waals surface area contributed by atoms with Gasteiger partial charge in [0, 0.05) is 7.05 Å². The molecule has 1 aromatic heterocycles. The van der Waals surface area contributed by atoms with Crippen LogP contribution in [0.3, 0.4) is 0 Å². The second kappa shape index (κ2) is 3.13. The van der Waals surface area contributed by atoms with Gasteiger partial charge in [0.25, 0.3) is 5.88 Å². The van der Waals surface area contributed by atoms with Crippen LogP contribution in [-0.2, 0) is 7.05 Å². The molecule has 0 bridgehead atoms. The Morgan fingerprint density at radius 3 is 2.27 bits per heavy atom. The number of aromatic nitrogens is 2. The third-order valence-electron chi connectivity index (χ3n) is 1.30. The van der Waals surface area contributed by atoms with Crippen LogP contribution in [0.2, 0.25) is 0 Å². The first-order valence-electron chi connectivity index (χ1n) is 3.01. The van der Waals surface area contributed by atoms with E-state index in [1.165, 1.54) is 0 Å². The van der Waals surface area contributed by atoms with Crippen LogP contribution >= 0.6 is 15.9 Å². The Bertz CT molecular complexity index is 259. The van der Waals surface area contributed by atoms with Crippen molar-refractivity contribution >= 4 is 15.9 Å². The van der Waals surface area contributed by atoms with Crippen LogP contribution in [0.25, 0.3) is 0 Å².